The second-order valence-electron chi connectivity index (χ2n) is 5.08. The maximum atomic E-state index is 4.33. The molecule has 0 spiro atoms. The fraction of sp³-hybridized carbons (Fsp3) is 0.333. The molecule has 6 nitrogen and oxygen atoms in total. The van der Waals surface area contributed by atoms with E-state index in [1.54, 1.807) is 24.8 Å². The minimum absolute atomic E-state index is 0. The Hall–Kier alpha value is -0.461. The molecule has 147 valence electrons. The Morgan fingerprint density at radius 1 is 0.704 bits per heavy atom. The van der Waals surface area contributed by atoms with E-state index in [4.69, 9.17) is 0 Å². The van der Waals surface area contributed by atoms with Gasteiger partial charge in [0.05, 0.1) is 24.5 Å². The van der Waals surface area contributed by atoms with E-state index in [0.29, 0.717) is 0 Å². The topological polar surface area (TPSA) is 74.6 Å². The average Bonchev–Trinajstić information content (AvgIpc) is 2.64. The molecule has 2 heterocycles. The van der Waals surface area contributed by atoms with Gasteiger partial charge in [-0.1, -0.05) is 12.1 Å². The second-order valence-corrected chi connectivity index (χ2v) is 5.08. The van der Waals surface area contributed by atoms with Crippen LogP contribution in [0.15, 0.2) is 58.8 Å². The van der Waals surface area contributed by atoms with Crippen LogP contribution in [0.3, 0.4) is 0 Å². The minimum atomic E-state index is 0. The summed E-state index contributed by atoms with van der Waals surface area (Å²) in [5.41, 5.74) is 1.79. The van der Waals surface area contributed by atoms with Crippen molar-refractivity contribution in [2.24, 2.45) is 9.98 Å². The van der Waals surface area contributed by atoms with Gasteiger partial charge in [0, 0.05) is 51.0 Å². The Bertz CT molecular complexity index is 558. The average molecular weight is 633 g/mol. The van der Waals surface area contributed by atoms with Gasteiger partial charge in [0.25, 0.3) is 0 Å². The predicted octanol–water partition coefficient (Wildman–Crippen LogP) is -4.80. The molecule has 0 aliphatic heterocycles. The van der Waals surface area contributed by atoms with Crippen molar-refractivity contribution in [2.45, 2.75) is 0 Å². The Morgan fingerprint density at radius 3 is 1.52 bits per heavy atom. The van der Waals surface area contributed by atoms with Gasteiger partial charge in [0.2, 0.25) is 0 Å². The summed E-state index contributed by atoms with van der Waals surface area (Å²) in [6.45, 7) is 5.08. The SMILES string of the molecule is C(=NCCNCCNCCN=Cc1ccccn1)c1ccccn1.[I-].[I-].[Mn+2]. The Balaban J connectivity index is 0. The van der Waals surface area contributed by atoms with Crippen molar-refractivity contribution in [3.05, 3.63) is 60.2 Å². The molecule has 27 heavy (non-hydrogen) atoms. The summed E-state index contributed by atoms with van der Waals surface area (Å²) >= 11 is 0. The molecule has 0 aliphatic carbocycles. The molecule has 1 radical (unpaired) electrons. The predicted molar refractivity (Wildman–Crippen MR) is 99.1 cm³/mol. The smallest absolute Gasteiger partial charge is 1.00 e. The van der Waals surface area contributed by atoms with Crippen molar-refractivity contribution in [1.82, 2.24) is 20.6 Å². The molecule has 0 fully saturated rings. The van der Waals surface area contributed by atoms with Gasteiger partial charge in [-0.25, -0.2) is 0 Å². The van der Waals surface area contributed by atoms with E-state index in [1.165, 1.54) is 0 Å². The summed E-state index contributed by atoms with van der Waals surface area (Å²) in [5, 5.41) is 6.69. The number of aromatic nitrogens is 2. The molecule has 2 aromatic heterocycles. The van der Waals surface area contributed by atoms with Crippen LogP contribution in [0.5, 0.6) is 0 Å². The number of halogens is 2. The van der Waals surface area contributed by atoms with E-state index in [9.17, 15) is 0 Å². The zero-order valence-electron chi connectivity index (χ0n) is 14.9. The number of hydrogen-bond acceptors (Lipinski definition) is 6. The van der Waals surface area contributed by atoms with Gasteiger partial charge in [-0.05, 0) is 24.3 Å². The zero-order chi connectivity index (χ0) is 16.7. The molecular weight excluding hydrogens is 609 g/mol. The Labute approximate surface area is 206 Å². The van der Waals surface area contributed by atoms with E-state index < -0.39 is 0 Å². The fourth-order valence-electron chi connectivity index (χ4n) is 1.93. The first-order chi connectivity index (χ1) is 11.9. The minimum Gasteiger partial charge on any atom is -1.00 e. The first-order valence-corrected chi connectivity index (χ1v) is 8.18. The molecule has 0 aliphatic rings. The fourth-order valence-corrected chi connectivity index (χ4v) is 1.93. The molecule has 0 bridgehead atoms. The molecule has 0 saturated heterocycles. The summed E-state index contributed by atoms with van der Waals surface area (Å²) in [4.78, 5) is 17.0. The van der Waals surface area contributed by atoms with Gasteiger partial charge < -0.3 is 58.6 Å². The van der Waals surface area contributed by atoms with E-state index in [0.717, 1.165) is 50.7 Å². The van der Waals surface area contributed by atoms with Gasteiger partial charge in [0.1, 0.15) is 0 Å². The molecule has 0 unspecified atom stereocenters. The number of nitrogens with zero attached hydrogens (tertiary/aromatic N) is 4. The van der Waals surface area contributed by atoms with Crippen molar-refractivity contribution in [1.29, 1.82) is 0 Å². The van der Waals surface area contributed by atoms with Crippen molar-refractivity contribution >= 4 is 12.4 Å². The molecule has 2 rings (SSSR count). The monoisotopic (exact) mass is 633 g/mol. The van der Waals surface area contributed by atoms with Crippen LogP contribution in [0.25, 0.3) is 0 Å². The van der Waals surface area contributed by atoms with Crippen LogP contribution in [-0.4, -0.2) is 61.7 Å². The first-order valence-electron chi connectivity index (χ1n) is 8.18. The number of hydrogen-bond donors (Lipinski definition) is 2. The molecule has 0 aromatic carbocycles. The number of nitrogens with one attached hydrogen (secondary N) is 2. The molecule has 0 amide bonds. The zero-order valence-corrected chi connectivity index (χ0v) is 20.4. The summed E-state index contributed by atoms with van der Waals surface area (Å²) < 4.78 is 0. The quantitative estimate of drug-likeness (QED) is 0.113. The largest absolute Gasteiger partial charge is 2.00 e. The van der Waals surface area contributed by atoms with Crippen molar-refractivity contribution in [3.63, 3.8) is 0 Å². The van der Waals surface area contributed by atoms with Crippen molar-refractivity contribution in [2.75, 3.05) is 39.3 Å². The van der Waals surface area contributed by atoms with Gasteiger partial charge in [-0.3, -0.25) is 20.0 Å². The van der Waals surface area contributed by atoms with Crippen LogP contribution in [0.2, 0.25) is 0 Å². The summed E-state index contributed by atoms with van der Waals surface area (Å²) in [6, 6.07) is 11.6. The summed E-state index contributed by atoms with van der Waals surface area (Å²) in [5.74, 6) is 0. The third-order valence-corrected chi connectivity index (χ3v) is 3.14. The van der Waals surface area contributed by atoms with Crippen molar-refractivity contribution < 1.29 is 65.0 Å². The van der Waals surface area contributed by atoms with Crippen LogP contribution >= 0.6 is 0 Å². The molecule has 0 atom stereocenters. The molecule has 9 heteroatoms. The third kappa shape index (κ3) is 15.2. The Morgan fingerprint density at radius 2 is 1.15 bits per heavy atom. The third-order valence-electron chi connectivity index (χ3n) is 3.14. The number of aliphatic imine (C=N–C) groups is 2. The van der Waals surface area contributed by atoms with Gasteiger partial charge in [0.15, 0.2) is 0 Å². The number of rotatable bonds is 11. The van der Waals surface area contributed by atoms with Gasteiger partial charge >= 0.3 is 17.1 Å². The first kappa shape index (κ1) is 28.7. The van der Waals surface area contributed by atoms with Crippen molar-refractivity contribution in [3.8, 4) is 0 Å². The molecule has 2 N–H and O–H groups in total. The molecule has 2 aromatic rings. The molecule has 0 saturated carbocycles. The van der Waals surface area contributed by atoms with Crippen LogP contribution in [-0.2, 0) is 17.1 Å². The second kappa shape index (κ2) is 20.3. The maximum absolute atomic E-state index is 4.33. The standard InChI is InChI=1S/C18H24N6.2HI.Mn/c1-3-7-23-17(5-1)15-21-13-11-19-9-10-20-12-14-22-16-18-6-2-4-8-24-18;;;/h1-8,15-16,19-20H,9-14H2;2*1H;/q;;;+2/p-2. The number of pyridine rings is 2. The Kier molecular flexibility index (Phi) is 21.6. The van der Waals surface area contributed by atoms with E-state index in [2.05, 4.69) is 30.6 Å². The van der Waals surface area contributed by atoms with E-state index in [1.807, 2.05) is 36.4 Å². The van der Waals surface area contributed by atoms with Crippen LogP contribution in [0, 0.1) is 0 Å². The van der Waals surface area contributed by atoms with Crippen LogP contribution in [0.4, 0.5) is 0 Å². The van der Waals surface area contributed by atoms with E-state index in [-0.39, 0.29) is 65.0 Å². The van der Waals surface area contributed by atoms with Crippen LogP contribution < -0.4 is 58.6 Å². The summed E-state index contributed by atoms with van der Waals surface area (Å²) in [6.07, 6.45) is 7.15. The van der Waals surface area contributed by atoms with Gasteiger partial charge in [-0.2, -0.15) is 0 Å². The van der Waals surface area contributed by atoms with Crippen LogP contribution in [0.1, 0.15) is 11.4 Å². The normalized spacial score (nSPS) is 10.2. The summed E-state index contributed by atoms with van der Waals surface area (Å²) in [7, 11) is 0. The van der Waals surface area contributed by atoms with Gasteiger partial charge in [-0.15, -0.1) is 0 Å². The maximum Gasteiger partial charge on any atom is 2.00 e. The van der Waals surface area contributed by atoms with E-state index >= 15 is 0 Å². The molecular formula is C18H24I2MnN6.